The summed E-state index contributed by atoms with van der Waals surface area (Å²) in [5.74, 6) is 0.598. The molecule has 0 aliphatic heterocycles. The fraction of sp³-hybridized carbons (Fsp3) is 0. The zero-order chi connectivity index (χ0) is 14.9. The van der Waals surface area contributed by atoms with Crippen molar-refractivity contribution in [1.82, 2.24) is 25.3 Å². The summed E-state index contributed by atoms with van der Waals surface area (Å²) in [6, 6.07) is 12.5. The molecule has 0 spiro atoms. The van der Waals surface area contributed by atoms with Crippen molar-refractivity contribution in [1.29, 1.82) is 0 Å². The average molecular weight is 291 g/mol. The zero-order valence-corrected chi connectivity index (χ0v) is 11.2. The summed E-state index contributed by atoms with van der Waals surface area (Å²) in [7, 11) is 0. The maximum atomic E-state index is 11.8. The molecule has 0 aliphatic carbocycles. The maximum Gasteiger partial charge on any atom is 0.279 e. The summed E-state index contributed by atoms with van der Waals surface area (Å²) in [6.45, 7) is 0. The number of rotatable bonds is 2. The van der Waals surface area contributed by atoms with Crippen molar-refractivity contribution < 1.29 is 4.52 Å². The number of hydrogen-bond donors (Lipinski definition) is 1. The van der Waals surface area contributed by atoms with Crippen LogP contribution in [0, 0.1) is 0 Å². The second-order valence-corrected chi connectivity index (χ2v) is 4.59. The molecule has 0 bridgehead atoms. The fourth-order valence-electron chi connectivity index (χ4n) is 2.20. The number of nitrogens with one attached hydrogen (secondary N) is 1. The molecule has 3 heterocycles. The molecule has 7 nitrogen and oxygen atoms in total. The molecule has 4 rings (SSSR count). The van der Waals surface area contributed by atoms with E-state index in [1.807, 2.05) is 18.2 Å². The number of aromatic amines is 1. The summed E-state index contributed by atoms with van der Waals surface area (Å²) in [6.07, 6.45) is 1.65. The SMILES string of the molecule is O=c1[nH]nc(-c2nc(-c3ccccn3)no2)c2ccccc12. The number of benzene rings is 1. The first-order valence-electron chi connectivity index (χ1n) is 6.56. The first-order valence-corrected chi connectivity index (χ1v) is 6.56. The van der Waals surface area contributed by atoms with Crippen LogP contribution >= 0.6 is 0 Å². The summed E-state index contributed by atoms with van der Waals surface area (Å²) in [5, 5.41) is 11.6. The Kier molecular flexibility index (Phi) is 2.75. The zero-order valence-electron chi connectivity index (χ0n) is 11.2. The average Bonchev–Trinajstić information content (AvgIpc) is 3.06. The lowest BCUT2D eigenvalue weighted by atomic mass is 10.1. The largest absolute Gasteiger partial charge is 0.332 e. The van der Waals surface area contributed by atoms with Crippen LogP contribution in [0.1, 0.15) is 0 Å². The van der Waals surface area contributed by atoms with Gasteiger partial charge in [0.15, 0.2) is 5.69 Å². The lowest BCUT2D eigenvalue weighted by molar-refractivity contribution is 0.430. The van der Waals surface area contributed by atoms with E-state index in [-0.39, 0.29) is 11.4 Å². The van der Waals surface area contributed by atoms with Crippen molar-refractivity contribution in [3.05, 3.63) is 59.0 Å². The van der Waals surface area contributed by atoms with E-state index in [1.54, 1.807) is 30.5 Å². The van der Waals surface area contributed by atoms with Gasteiger partial charge in [0.2, 0.25) is 5.82 Å². The van der Waals surface area contributed by atoms with E-state index in [0.29, 0.717) is 28.0 Å². The van der Waals surface area contributed by atoms with E-state index in [1.165, 1.54) is 0 Å². The molecule has 3 aromatic heterocycles. The predicted molar refractivity (Wildman–Crippen MR) is 78.9 cm³/mol. The van der Waals surface area contributed by atoms with Crippen molar-refractivity contribution >= 4 is 10.8 Å². The van der Waals surface area contributed by atoms with Crippen molar-refractivity contribution in [2.24, 2.45) is 0 Å². The fourth-order valence-corrected chi connectivity index (χ4v) is 2.20. The van der Waals surface area contributed by atoms with Crippen LogP contribution < -0.4 is 5.56 Å². The van der Waals surface area contributed by atoms with Crippen LogP contribution in [0.25, 0.3) is 33.9 Å². The Bertz CT molecular complexity index is 1010. The standard InChI is InChI=1S/C15H9N5O2/c21-14-10-6-2-1-5-9(10)12(18-19-14)15-17-13(20-22-15)11-7-3-4-8-16-11/h1-8H,(H,19,21). The molecule has 0 saturated carbocycles. The minimum absolute atomic E-state index is 0.230. The third-order valence-corrected chi connectivity index (χ3v) is 3.22. The minimum atomic E-state index is -0.260. The van der Waals surface area contributed by atoms with E-state index in [4.69, 9.17) is 4.52 Å². The molecule has 0 radical (unpaired) electrons. The minimum Gasteiger partial charge on any atom is -0.332 e. The van der Waals surface area contributed by atoms with Crippen LogP contribution in [0.2, 0.25) is 0 Å². The normalized spacial score (nSPS) is 10.9. The topological polar surface area (TPSA) is 97.6 Å². The molecular weight excluding hydrogens is 282 g/mol. The summed E-state index contributed by atoms with van der Waals surface area (Å²) in [5.41, 5.74) is 0.778. The van der Waals surface area contributed by atoms with E-state index >= 15 is 0 Å². The Labute approximate surface area is 123 Å². The number of hydrogen-bond acceptors (Lipinski definition) is 6. The number of H-pyrrole nitrogens is 1. The van der Waals surface area contributed by atoms with Crippen LogP contribution in [0.3, 0.4) is 0 Å². The predicted octanol–water partition coefficient (Wildman–Crippen LogP) is 2.04. The monoisotopic (exact) mass is 291 g/mol. The maximum absolute atomic E-state index is 11.8. The van der Waals surface area contributed by atoms with Gasteiger partial charge in [0, 0.05) is 11.6 Å². The van der Waals surface area contributed by atoms with Crippen LogP contribution in [-0.2, 0) is 0 Å². The van der Waals surface area contributed by atoms with Crippen molar-refractivity contribution in [2.45, 2.75) is 0 Å². The molecule has 0 fully saturated rings. The first kappa shape index (κ1) is 12.4. The highest BCUT2D eigenvalue weighted by Crippen LogP contribution is 2.24. The third kappa shape index (κ3) is 1.96. The third-order valence-electron chi connectivity index (χ3n) is 3.22. The second-order valence-electron chi connectivity index (χ2n) is 4.59. The first-order chi connectivity index (χ1) is 10.8. The Morgan fingerprint density at radius 3 is 2.64 bits per heavy atom. The van der Waals surface area contributed by atoms with E-state index in [0.717, 1.165) is 0 Å². The van der Waals surface area contributed by atoms with Crippen molar-refractivity contribution in [3.63, 3.8) is 0 Å². The molecule has 4 aromatic rings. The molecule has 7 heteroatoms. The molecule has 0 unspecified atom stereocenters. The lowest BCUT2D eigenvalue weighted by Gasteiger charge is -1.99. The van der Waals surface area contributed by atoms with Gasteiger partial charge in [0.1, 0.15) is 5.69 Å². The number of pyridine rings is 1. The highest BCUT2D eigenvalue weighted by Gasteiger charge is 2.16. The van der Waals surface area contributed by atoms with Gasteiger partial charge in [-0.05, 0) is 18.2 Å². The van der Waals surface area contributed by atoms with Gasteiger partial charge in [-0.1, -0.05) is 29.4 Å². The van der Waals surface area contributed by atoms with Gasteiger partial charge in [0.25, 0.3) is 11.4 Å². The van der Waals surface area contributed by atoms with E-state index < -0.39 is 0 Å². The Morgan fingerprint density at radius 2 is 1.82 bits per heavy atom. The highest BCUT2D eigenvalue weighted by atomic mass is 16.5. The Morgan fingerprint density at radius 1 is 1.00 bits per heavy atom. The molecule has 22 heavy (non-hydrogen) atoms. The number of fused-ring (bicyclic) bond motifs is 1. The number of aromatic nitrogens is 5. The summed E-state index contributed by atoms with van der Waals surface area (Å²) in [4.78, 5) is 20.3. The van der Waals surface area contributed by atoms with Gasteiger partial charge in [-0.3, -0.25) is 9.78 Å². The van der Waals surface area contributed by atoms with Gasteiger partial charge in [0.05, 0.1) is 5.39 Å². The van der Waals surface area contributed by atoms with Crippen LogP contribution in [-0.4, -0.2) is 25.3 Å². The van der Waals surface area contributed by atoms with E-state index in [2.05, 4.69) is 25.3 Å². The molecular formula is C15H9N5O2. The second kappa shape index (κ2) is 4.88. The van der Waals surface area contributed by atoms with Crippen molar-refractivity contribution in [2.75, 3.05) is 0 Å². The number of nitrogens with zero attached hydrogens (tertiary/aromatic N) is 4. The Balaban J connectivity index is 1.89. The molecule has 0 aliphatic rings. The molecule has 0 saturated heterocycles. The molecule has 0 amide bonds. The molecule has 0 atom stereocenters. The van der Waals surface area contributed by atoms with Crippen molar-refractivity contribution in [3.8, 4) is 23.1 Å². The van der Waals surface area contributed by atoms with E-state index in [9.17, 15) is 4.79 Å². The van der Waals surface area contributed by atoms with Crippen LogP contribution in [0.4, 0.5) is 0 Å². The molecule has 106 valence electrons. The summed E-state index contributed by atoms with van der Waals surface area (Å²) < 4.78 is 5.27. The quantitative estimate of drug-likeness (QED) is 0.607. The van der Waals surface area contributed by atoms with Crippen LogP contribution in [0.15, 0.2) is 58.0 Å². The van der Waals surface area contributed by atoms with Gasteiger partial charge < -0.3 is 4.52 Å². The smallest absolute Gasteiger partial charge is 0.279 e. The van der Waals surface area contributed by atoms with Gasteiger partial charge in [-0.25, -0.2) is 5.10 Å². The molecule has 1 aromatic carbocycles. The lowest BCUT2D eigenvalue weighted by Crippen LogP contribution is -2.09. The van der Waals surface area contributed by atoms with Gasteiger partial charge >= 0.3 is 0 Å². The van der Waals surface area contributed by atoms with Gasteiger partial charge in [-0.15, -0.1) is 0 Å². The Hall–Kier alpha value is -3.35. The highest BCUT2D eigenvalue weighted by molar-refractivity contribution is 5.91. The molecule has 1 N–H and O–H groups in total. The van der Waals surface area contributed by atoms with Crippen LogP contribution in [0.5, 0.6) is 0 Å². The summed E-state index contributed by atoms with van der Waals surface area (Å²) >= 11 is 0. The van der Waals surface area contributed by atoms with Gasteiger partial charge in [-0.2, -0.15) is 10.1 Å².